The summed E-state index contributed by atoms with van der Waals surface area (Å²) in [5.74, 6) is -1.31. The monoisotopic (exact) mass is 318 g/mol. The van der Waals surface area contributed by atoms with Gasteiger partial charge in [-0.1, -0.05) is 28.6 Å². The molecule has 98 valence electrons. The van der Waals surface area contributed by atoms with Gasteiger partial charge in [-0.3, -0.25) is 0 Å². The van der Waals surface area contributed by atoms with Gasteiger partial charge in [0.15, 0.2) is 0 Å². The van der Waals surface area contributed by atoms with Crippen LogP contribution in [0.3, 0.4) is 0 Å². The van der Waals surface area contributed by atoms with Crippen molar-refractivity contribution in [3.8, 4) is 0 Å². The maximum absolute atomic E-state index is 13.4. The third-order valence-corrected chi connectivity index (χ3v) is 2.48. The highest BCUT2D eigenvalue weighted by Crippen LogP contribution is 2.11. The second-order valence-electron chi connectivity index (χ2n) is 3.77. The molecule has 0 bridgehead atoms. The molecule has 6 heteroatoms. The van der Waals surface area contributed by atoms with Crippen LogP contribution >= 0.6 is 15.9 Å². The Balaban J connectivity index is 2.60. The minimum absolute atomic E-state index is 0.0622. The lowest BCUT2D eigenvalue weighted by atomic mass is 10.2. The molecule has 0 spiro atoms. The topological polar surface area (TPSA) is 32.3 Å². The number of carbonyl (C=O) groups excluding carboxylic acids is 1. The van der Waals surface area contributed by atoms with E-state index in [0.717, 1.165) is 12.1 Å². The fourth-order valence-corrected chi connectivity index (χ4v) is 1.42. The molecule has 0 unspecified atom stereocenters. The predicted octanol–water partition coefficient (Wildman–Crippen LogP) is 3.01. The molecule has 0 aliphatic heterocycles. The van der Waals surface area contributed by atoms with Gasteiger partial charge in [0.1, 0.15) is 11.6 Å². The van der Waals surface area contributed by atoms with Crippen molar-refractivity contribution in [1.29, 1.82) is 0 Å². The Morgan fingerprint density at radius 1 is 1.50 bits per heavy atom. The number of nitrogens with one attached hydrogen (secondary N) is 1. The van der Waals surface area contributed by atoms with E-state index in [1.54, 1.807) is 0 Å². The first-order valence-corrected chi connectivity index (χ1v) is 5.95. The third-order valence-electron chi connectivity index (χ3n) is 2.20. The summed E-state index contributed by atoms with van der Waals surface area (Å²) in [7, 11) is 1.52. The molecule has 0 saturated carbocycles. The van der Waals surface area contributed by atoms with Gasteiger partial charge in [0, 0.05) is 29.7 Å². The van der Waals surface area contributed by atoms with Crippen molar-refractivity contribution in [1.82, 2.24) is 10.2 Å². The Hall–Kier alpha value is -1.43. The molecule has 3 nitrogen and oxygen atoms in total. The molecule has 1 rings (SSSR count). The third kappa shape index (κ3) is 4.44. The molecule has 18 heavy (non-hydrogen) atoms. The summed E-state index contributed by atoms with van der Waals surface area (Å²) in [5.41, 5.74) is 0.256. The van der Waals surface area contributed by atoms with Crippen LogP contribution in [0, 0.1) is 11.6 Å². The molecule has 2 amide bonds. The zero-order valence-electron chi connectivity index (χ0n) is 9.84. The van der Waals surface area contributed by atoms with E-state index in [4.69, 9.17) is 0 Å². The van der Waals surface area contributed by atoms with Crippen molar-refractivity contribution in [2.45, 2.75) is 6.54 Å². The molecule has 1 aromatic rings. The Kier molecular flexibility index (Phi) is 5.27. The molecule has 0 aliphatic carbocycles. The first kappa shape index (κ1) is 14.6. The van der Waals surface area contributed by atoms with E-state index in [-0.39, 0.29) is 24.7 Å². The van der Waals surface area contributed by atoms with Crippen LogP contribution in [0.1, 0.15) is 5.56 Å². The highest BCUT2D eigenvalue weighted by Gasteiger charge is 2.11. The lowest BCUT2D eigenvalue weighted by Gasteiger charge is -2.18. The van der Waals surface area contributed by atoms with Crippen molar-refractivity contribution in [3.05, 3.63) is 46.5 Å². The number of rotatable bonds is 4. The van der Waals surface area contributed by atoms with Gasteiger partial charge in [-0.15, -0.1) is 0 Å². The number of hydrogen-bond acceptors (Lipinski definition) is 1. The van der Waals surface area contributed by atoms with Gasteiger partial charge in [-0.25, -0.2) is 13.6 Å². The number of carbonyl (C=O) groups is 1. The standard InChI is InChI=1S/C12H13BrF2N2O/c1-8(13)6-16-12(18)17(2)7-9-3-4-10(14)5-11(9)15/h3-5H,1,6-7H2,2H3,(H,16,18). The van der Waals surface area contributed by atoms with Crippen molar-refractivity contribution >= 4 is 22.0 Å². The number of benzene rings is 1. The molecule has 0 aromatic heterocycles. The van der Waals surface area contributed by atoms with E-state index < -0.39 is 11.6 Å². The van der Waals surface area contributed by atoms with Crippen molar-refractivity contribution < 1.29 is 13.6 Å². The van der Waals surface area contributed by atoms with Gasteiger partial charge < -0.3 is 10.2 Å². The van der Waals surface area contributed by atoms with E-state index in [0.29, 0.717) is 4.48 Å². The predicted molar refractivity (Wildman–Crippen MR) is 69.3 cm³/mol. The second kappa shape index (κ2) is 6.49. The summed E-state index contributed by atoms with van der Waals surface area (Å²) in [4.78, 5) is 12.9. The number of halogens is 3. The Morgan fingerprint density at radius 2 is 2.17 bits per heavy atom. The van der Waals surface area contributed by atoms with E-state index in [1.807, 2.05) is 0 Å². The van der Waals surface area contributed by atoms with Crippen LogP contribution in [-0.4, -0.2) is 24.5 Å². The summed E-state index contributed by atoms with van der Waals surface area (Å²) < 4.78 is 26.7. The summed E-state index contributed by atoms with van der Waals surface area (Å²) in [5, 5.41) is 2.58. The van der Waals surface area contributed by atoms with Crippen molar-refractivity contribution in [2.75, 3.05) is 13.6 Å². The number of hydrogen-bond donors (Lipinski definition) is 1. The largest absolute Gasteiger partial charge is 0.333 e. The van der Waals surface area contributed by atoms with E-state index in [9.17, 15) is 13.6 Å². The van der Waals surface area contributed by atoms with Crippen molar-refractivity contribution in [3.63, 3.8) is 0 Å². The molecular formula is C12H13BrF2N2O. The van der Waals surface area contributed by atoms with Gasteiger partial charge in [-0.2, -0.15) is 0 Å². The van der Waals surface area contributed by atoms with Crippen LogP contribution in [-0.2, 0) is 6.54 Å². The van der Waals surface area contributed by atoms with Gasteiger partial charge in [0.05, 0.1) is 6.54 Å². The molecule has 1 N–H and O–H groups in total. The Bertz CT molecular complexity index is 465. The van der Waals surface area contributed by atoms with Crippen LogP contribution in [0.15, 0.2) is 29.3 Å². The minimum Gasteiger partial charge on any atom is -0.333 e. The van der Waals surface area contributed by atoms with E-state index in [2.05, 4.69) is 27.8 Å². The zero-order chi connectivity index (χ0) is 13.7. The van der Waals surface area contributed by atoms with Gasteiger partial charge >= 0.3 is 6.03 Å². The molecule has 1 aromatic carbocycles. The fraction of sp³-hybridized carbons (Fsp3) is 0.250. The van der Waals surface area contributed by atoms with Crippen LogP contribution < -0.4 is 5.32 Å². The maximum atomic E-state index is 13.4. The van der Waals surface area contributed by atoms with Gasteiger partial charge in [0.2, 0.25) is 0 Å². The van der Waals surface area contributed by atoms with Crippen molar-refractivity contribution in [2.24, 2.45) is 0 Å². The number of nitrogens with zero attached hydrogens (tertiary/aromatic N) is 1. The van der Waals surface area contributed by atoms with Crippen LogP contribution in [0.4, 0.5) is 13.6 Å². The average Bonchev–Trinajstić information content (AvgIpc) is 2.29. The zero-order valence-corrected chi connectivity index (χ0v) is 11.4. The summed E-state index contributed by atoms with van der Waals surface area (Å²) in [6.07, 6.45) is 0. The Morgan fingerprint density at radius 3 is 2.72 bits per heavy atom. The Labute approximate surface area is 113 Å². The summed E-state index contributed by atoms with van der Waals surface area (Å²) in [6, 6.07) is 2.91. The lowest BCUT2D eigenvalue weighted by Crippen LogP contribution is -2.37. The molecule has 0 atom stereocenters. The molecular weight excluding hydrogens is 306 g/mol. The smallest absolute Gasteiger partial charge is 0.317 e. The van der Waals surface area contributed by atoms with E-state index >= 15 is 0 Å². The average molecular weight is 319 g/mol. The first-order valence-electron chi connectivity index (χ1n) is 5.16. The van der Waals surface area contributed by atoms with Crippen LogP contribution in [0.5, 0.6) is 0 Å². The quantitative estimate of drug-likeness (QED) is 0.909. The van der Waals surface area contributed by atoms with E-state index in [1.165, 1.54) is 18.0 Å². The van der Waals surface area contributed by atoms with Gasteiger partial charge in [-0.05, 0) is 6.07 Å². The molecule has 0 aliphatic rings. The highest BCUT2D eigenvalue weighted by atomic mass is 79.9. The molecule has 0 fully saturated rings. The second-order valence-corrected chi connectivity index (χ2v) is 4.89. The number of amides is 2. The SMILES string of the molecule is C=C(Br)CNC(=O)N(C)Cc1ccc(F)cc1F. The fourth-order valence-electron chi connectivity index (χ4n) is 1.28. The van der Waals surface area contributed by atoms with Crippen LogP contribution in [0.2, 0.25) is 0 Å². The maximum Gasteiger partial charge on any atom is 0.317 e. The summed E-state index contributed by atoms with van der Waals surface area (Å²) in [6.45, 7) is 3.92. The first-order chi connectivity index (χ1) is 8.40. The highest BCUT2D eigenvalue weighted by molar-refractivity contribution is 9.11. The molecule has 0 radical (unpaired) electrons. The molecule has 0 saturated heterocycles. The minimum atomic E-state index is -0.667. The van der Waals surface area contributed by atoms with Crippen LogP contribution in [0.25, 0.3) is 0 Å². The van der Waals surface area contributed by atoms with Gasteiger partial charge in [0.25, 0.3) is 0 Å². The number of urea groups is 1. The molecule has 0 heterocycles. The normalized spacial score (nSPS) is 10.0. The lowest BCUT2D eigenvalue weighted by molar-refractivity contribution is 0.207. The summed E-state index contributed by atoms with van der Waals surface area (Å²) >= 11 is 3.11.